The zero-order valence-corrected chi connectivity index (χ0v) is 12.3. The summed E-state index contributed by atoms with van der Waals surface area (Å²) >= 11 is 0. The Labute approximate surface area is 125 Å². The molecule has 1 heterocycles. The Balaban J connectivity index is 1.90. The molecule has 110 valence electrons. The Bertz CT molecular complexity index is 602. The zero-order chi connectivity index (χ0) is 14.8. The molecule has 1 saturated heterocycles. The Hall–Kier alpha value is -1.71. The highest BCUT2D eigenvalue weighted by molar-refractivity contribution is 5.65. The van der Waals surface area contributed by atoms with Crippen molar-refractivity contribution in [3.63, 3.8) is 0 Å². The number of halogens is 1. The molecule has 2 atom stereocenters. The predicted octanol–water partition coefficient (Wildman–Crippen LogP) is 3.07. The minimum absolute atomic E-state index is 0.115. The Morgan fingerprint density at radius 3 is 2.57 bits per heavy atom. The van der Waals surface area contributed by atoms with Crippen LogP contribution in [0.5, 0.6) is 0 Å². The summed E-state index contributed by atoms with van der Waals surface area (Å²) < 4.78 is 14.8. The molecule has 2 nitrogen and oxygen atoms in total. The summed E-state index contributed by atoms with van der Waals surface area (Å²) in [6.07, 6.45) is 1.66. The van der Waals surface area contributed by atoms with Gasteiger partial charge in [-0.15, -0.1) is 0 Å². The SMILES string of the molecule is CN1CCC(N)C1Cc1cccc(-c2ccccc2)c1F. The van der Waals surface area contributed by atoms with Gasteiger partial charge >= 0.3 is 0 Å². The van der Waals surface area contributed by atoms with Crippen molar-refractivity contribution in [1.29, 1.82) is 0 Å². The highest BCUT2D eigenvalue weighted by Crippen LogP contribution is 2.27. The molecule has 2 aromatic rings. The smallest absolute Gasteiger partial charge is 0.134 e. The zero-order valence-electron chi connectivity index (χ0n) is 12.3. The largest absolute Gasteiger partial charge is 0.326 e. The van der Waals surface area contributed by atoms with Gasteiger partial charge in [-0.3, -0.25) is 0 Å². The van der Waals surface area contributed by atoms with E-state index in [-0.39, 0.29) is 17.9 Å². The van der Waals surface area contributed by atoms with E-state index in [0.717, 1.165) is 24.1 Å². The Morgan fingerprint density at radius 1 is 1.14 bits per heavy atom. The fourth-order valence-corrected chi connectivity index (χ4v) is 3.15. The van der Waals surface area contributed by atoms with Crippen molar-refractivity contribution in [3.05, 3.63) is 59.9 Å². The van der Waals surface area contributed by atoms with Gasteiger partial charge in [0.15, 0.2) is 0 Å². The average Bonchev–Trinajstić information content (AvgIpc) is 2.82. The van der Waals surface area contributed by atoms with Gasteiger partial charge in [0.05, 0.1) is 0 Å². The van der Waals surface area contributed by atoms with Gasteiger partial charge in [0.2, 0.25) is 0 Å². The minimum Gasteiger partial charge on any atom is -0.326 e. The molecular formula is C18H21FN2. The molecule has 0 radical (unpaired) electrons. The van der Waals surface area contributed by atoms with Crippen LogP contribution in [0.1, 0.15) is 12.0 Å². The monoisotopic (exact) mass is 284 g/mol. The topological polar surface area (TPSA) is 29.3 Å². The fraction of sp³-hybridized carbons (Fsp3) is 0.333. The van der Waals surface area contributed by atoms with E-state index >= 15 is 0 Å². The first-order valence-electron chi connectivity index (χ1n) is 7.45. The van der Waals surface area contributed by atoms with Crippen LogP contribution >= 0.6 is 0 Å². The number of nitrogens with two attached hydrogens (primary N) is 1. The molecular weight excluding hydrogens is 263 g/mol. The van der Waals surface area contributed by atoms with E-state index in [2.05, 4.69) is 11.9 Å². The lowest BCUT2D eigenvalue weighted by molar-refractivity contribution is 0.294. The lowest BCUT2D eigenvalue weighted by Crippen LogP contribution is -2.39. The molecule has 1 fully saturated rings. The summed E-state index contributed by atoms with van der Waals surface area (Å²) in [5.41, 5.74) is 8.49. The molecule has 21 heavy (non-hydrogen) atoms. The highest BCUT2D eigenvalue weighted by atomic mass is 19.1. The van der Waals surface area contributed by atoms with E-state index in [9.17, 15) is 4.39 Å². The van der Waals surface area contributed by atoms with Gasteiger partial charge < -0.3 is 10.6 Å². The molecule has 2 aromatic carbocycles. The number of hydrogen-bond acceptors (Lipinski definition) is 2. The first-order valence-corrected chi connectivity index (χ1v) is 7.45. The molecule has 2 unspecified atom stereocenters. The van der Waals surface area contributed by atoms with Gasteiger partial charge in [0.1, 0.15) is 5.82 Å². The van der Waals surface area contributed by atoms with Gasteiger partial charge in [-0.05, 0) is 37.6 Å². The lowest BCUT2D eigenvalue weighted by atomic mass is 9.96. The van der Waals surface area contributed by atoms with E-state index in [1.54, 1.807) is 0 Å². The average molecular weight is 284 g/mol. The summed E-state index contributed by atoms with van der Waals surface area (Å²) in [5.74, 6) is -0.115. The second-order valence-electron chi connectivity index (χ2n) is 5.85. The van der Waals surface area contributed by atoms with Gasteiger partial charge in [-0.2, -0.15) is 0 Å². The molecule has 1 aliphatic heterocycles. The van der Waals surface area contributed by atoms with Gasteiger partial charge in [-0.25, -0.2) is 4.39 Å². The lowest BCUT2D eigenvalue weighted by Gasteiger charge is -2.23. The van der Waals surface area contributed by atoms with Crippen molar-refractivity contribution in [2.75, 3.05) is 13.6 Å². The quantitative estimate of drug-likeness (QED) is 0.938. The summed E-state index contributed by atoms with van der Waals surface area (Å²) in [6, 6.07) is 15.7. The van der Waals surface area contributed by atoms with Gasteiger partial charge in [-0.1, -0.05) is 48.5 Å². The number of hydrogen-bond donors (Lipinski definition) is 1. The second-order valence-corrected chi connectivity index (χ2v) is 5.85. The standard InChI is InChI=1S/C18H21FN2/c1-21-11-10-16(20)17(21)12-14-8-5-9-15(18(14)19)13-6-3-2-4-7-13/h2-9,16-17H,10-12,20H2,1H3. The van der Waals surface area contributed by atoms with Crippen molar-refractivity contribution in [2.45, 2.75) is 24.9 Å². The van der Waals surface area contributed by atoms with Crippen LogP contribution in [0.4, 0.5) is 4.39 Å². The van der Waals surface area contributed by atoms with Crippen LogP contribution in [0.25, 0.3) is 11.1 Å². The molecule has 0 aliphatic carbocycles. The van der Waals surface area contributed by atoms with Crippen LogP contribution < -0.4 is 5.73 Å². The minimum atomic E-state index is -0.115. The first-order chi connectivity index (χ1) is 10.2. The van der Waals surface area contributed by atoms with Crippen LogP contribution in [0.15, 0.2) is 48.5 Å². The molecule has 0 spiro atoms. The molecule has 1 aliphatic rings. The molecule has 0 amide bonds. The maximum Gasteiger partial charge on any atom is 0.134 e. The third-order valence-corrected chi connectivity index (χ3v) is 4.47. The number of rotatable bonds is 3. The maximum atomic E-state index is 14.8. The molecule has 2 N–H and O–H groups in total. The van der Waals surface area contributed by atoms with Crippen LogP contribution in [0.3, 0.4) is 0 Å². The van der Waals surface area contributed by atoms with Gasteiger partial charge in [0.25, 0.3) is 0 Å². The molecule has 0 saturated carbocycles. The van der Waals surface area contributed by atoms with Crippen molar-refractivity contribution in [2.24, 2.45) is 5.73 Å². The number of likely N-dealkylation sites (N-methyl/N-ethyl adjacent to an activating group) is 1. The van der Waals surface area contributed by atoms with E-state index in [4.69, 9.17) is 5.73 Å². The normalized spacial score (nSPS) is 22.6. The van der Waals surface area contributed by atoms with E-state index < -0.39 is 0 Å². The van der Waals surface area contributed by atoms with Crippen LogP contribution in [0, 0.1) is 5.82 Å². The summed E-state index contributed by atoms with van der Waals surface area (Å²) in [5, 5.41) is 0. The summed E-state index contributed by atoms with van der Waals surface area (Å²) in [4.78, 5) is 2.24. The molecule has 0 aromatic heterocycles. The number of benzene rings is 2. The van der Waals surface area contributed by atoms with Gasteiger partial charge in [0, 0.05) is 17.6 Å². The molecule has 3 rings (SSSR count). The summed E-state index contributed by atoms with van der Waals surface area (Å²) in [7, 11) is 2.07. The fourth-order valence-electron chi connectivity index (χ4n) is 3.15. The van der Waals surface area contributed by atoms with E-state index in [1.165, 1.54) is 0 Å². The van der Waals surface area contributed by atoms with Crippen LogP contribution in [0.2, 0.25) is 0 Å². The third-order valence-electron chi connectivity index (χ3n) is 4.47. The van der Waals surface area contributed by atoms with Crippen molar-refractivity contribution in [1.82, 2.24) is 4.90 Å². The highest BCUT2D eigenvalue weighted by Gasteiger charge is 2.29. The molecule has 3 heteroatoms. The van der Waals surface area contributed by atoms with Crippen LogP contribution in [-0.2, 0) is 6.42 Å². The van der Waals surface area contributed by atoms with Crippen molar-refractivity contribution in [3.8, 4) is 11.1 Å². The Morgan fingerprint density at radius 2 is 1.90 bits per heavy atom. The third kappa shape index (κ3) is 2.85. The van der Waals surface area contributed by atoms with E-state index in [0.29, 0.717) is 12.0 Å². The molecule has 0 bridgehead atoms. The second kappa shape index (κ2) is 5.96. The van der Waals surface area contributed by atoms with Crippen molar-refractivity contribution >= 4 is 0 Å². The number of likely N-dealkylation sites (tertiary alicyclic amines) is 1. The maximum absolute atomic E-state index is 14.8. The van der Waals surface area contributed by atoms with Crippen LogP contribution in [-0.4, -0.2) is 30.6 Å². The summed E-state index contributed by atoms with van der Waals surface area (Å²) in [6.45, 7) is 0.992. The first kappa shape index (κ1) is 14.2. The van der Waals surface area contributed by atoms with Crippen molar-refractivity contribution < 1.29 is 4.39 Å². The van der Waals surface area contributed by atoms with E-state index in [1.807, 2.05) is 48.5 Å². The number of nitrogens with zero attached hydrogens (tertiary/aromatic N) is 1. The predicted molar refractivity (Wildman–Crippen MR) is 84.6 cm³/mol. The Kier molecular flexibility index (Phi) is 4.04.